The molecule has 0 aromatic carbocycles. The highest BCUT2D eigenvalue weighted by Gasteiger charge is 2.03. The molecule has 0 aromatic heterocycles. The highest BCUT2D eigenvalue weighted by Crippen LogP contribution is 2.12. The Hall–Kier alpha value is -1.30. The summed E-state index contributed by atoms with van der Waals surface area (Å²) in [6.45, 7) is 6.25. The lowest BCUT2D eigenvalue weighted by atomic mass is 10.1. The normalized spacial score (nSPS) is 11.0. The van der Waals surface area contributed by atoms with E-state index in [4.69, 9.17) is 19.9 Å². The van der Waals surface area contributed by atoms with Gasteiger partial charge in [0.1, 0.15) is 0 Å². The van der Waals surface area contributed by atoms with Gasteiger partial charge in [0.15, 0.2) is 0 Å². The third kappa shape index (κ3) is 30.9. The van der Waals surface area contributed by atoms with Gasteiger partial charge in [-0.25, -0.2) is 4.79 Å². The first-order valence-corrected chi connectivity index (χ1v) is 16.5. The second kappa shape index (κ2) is 31.9. The van der Waals surface area contributed by atoms with Crippen LogP contribution in [0.25, 0.3) is 0 Å². The van der Waals surface area contributed by atoms with Crippen LogP contribution in [0.5, 0.6) is 0 Å². The van der Waals surface area contributed by atoms with E-state index < -0.39 is 0 Å². The Bertz CT molecular complexity index is 502. The first-order chi connectivity index (χ1) is 18.7. The molecule has 0 saturated heterocycles. The highest BCUT2D eigenvalue weighted by molar-refractivity contribution is 5.71. The zero-order chi connectivity index (χ0) is 27.8. The lowest BCUT2D eigenvalue weighted by Crippen LogP contribution is -2.25. The lowest BCUT2D eigenvalue weighted by molar-refractivity contribution is -0.225. The van der Waals surface area contributed by atoms with Crippen LogP contribution < -0.4 is 5.32 Å². The van der Waals surface area contributed by atoms with E-state index in [1.165, 1.54) is 109 Å². The van der Waals surface area contributed by atoms with Crippen LogP contribution in [0, 0.1) is 5.41 Å². The molecule has 1 amide bonds. The van der Waals surface area contributed by atoms with E-state index >= 15 is 0 Å². The predicted molar refractivity (Wildman–Crippen MR) is 161 cm³/mol. The van der Waals surface area contributed by atoms with Crippen molar-refractivity contribution >= 4 is 12.0 Å². The monoisotopic (exact) mass is 540 g/mol. The minimum absolute atomic E-state index is 0.214. The number of rotatable bonds is 30. The molecule has 226 valence electrons. The molecule has 0 atom stereocenters. The number of amides is 1. The Kier molecular flexibility index (Phi) is 30.8. The van der Waals surface area contributed by atoms with Gasteiger partial charge in [0.2, 0.25) is 5.90 Å². The Labute approximate surface area is 236 Å². The fourth-order valence-corrected chi connectivity index (χ4v) is 4.56. The largest absolute Gasteiger partial charge is 0.450 e. The van der Waals surface area contributed by atoms with Crippen LogP contribution in [-0.2, 0) is 14.5 Å². The molecular formula is C32H64N2O4. The van der Waals surface area contributed by atoms with E-state index in [1.54, 1.807) is 0 Å². The minimum atomic E-state index is -0.296. The van der Waals surface area contributed by atoms with Gasteiger partial charge in [-0.3, -0.25) is 5.41 Å². The van der Waals surface area contributed by atoms with Crippen molar-refractivity contribution in [1.29, 1.82) is 5.41 Å². The van der Waals surface area contributed by atoms with Crippen LogP contribution in [0.4, 0.5) is 4.79 Å². The molecule has 0 rings (SSSR count). The predicted octanol–water partition coefficient (Wildman–Crippen LogP) is 10.4. The van der Waals surface area contributed by atoms with Crippen LogP contribution in [0.15, 0.2) is 0 Å². The van der Waals surface area contributed by atoms with Gasteiger partial charge in [0, 0.05) is 13.0 Å². The first kappa shape index (κ1) is 36.7. The van der Waals surface area contributed by atoms with Crippen LogP contribution in [0.3, 0.4) is 0 Å². The summed E-state index contributed by atoms with van der Waals surface area (Å²) in [5.74, 6) is 0.214. The quantitative estimate of drug-likeness (QED) is 0.0312. The summed E-state index contributed by atoms with van der Waals surface area (Å²) in [5.41, 5.74) is 0. The molecule has 0 heterocycles. The third-order valence-corrected chi connectivity index (χ3v) is 7.07. The number of carbonyl (C=O) groups excluding carboxylic acids is 1. The second-order valence-electron chi connectivity index (χ2n) is 10.9. The Morgan fingerprint density at radius 2 is 0.974 bits per heavy atom. The van der Waals surface area contributed by atoms with Crippen molar-refractivity contribution in [2.24, 2.45) is 0 Å². The van der Waals surface area contributed by atoms with Gasteiger partial charge < -0.3 is 14.9 Å². The van der Waals surface area contributed by atoms with E-state index in [0.717, 1.165) is 44.9 Å². The smallest absolute Gasteiger partial charge is 0.407 e. The van der Waals surface area contributed by atoms with E-state index in [1.807, 2.05) is 0 Å². The molecule has 0 spiro atoms. The summed E-state index contributed by atoms with van der Waals surface area (Å²) in [7, 11) is 0. The van der Waals surface area contributed by atoms with Gasteiger partial charge >= 0.3 is 6.09 Å². The Morgan fingerprint density at radius 1 is 0.553 bits per heavy atom. The second-order valence-corrected chi connectivity index (χ2v) is 10.9. The van der Waals surface area contributed by atoms with Crippen molar-refractivity contribution in [3.8, 4) is 0 Å². The summed E-state index contributed by atoms with van der Waals surface area (Å²) in [4.78, 5) is 22.0. The molecule has 0 aliphatic heterocycles. The van der Waals surface area contributed by atoms with Crippen molar-refractivity contribution < 1.29 is 19.3 Å². The molecule has 0 aliphatic rings. The molecule has 6 heteroatoms. The van der Waals surface area contributed by atoms with Gasteiger partial charge in [-0.05, 0) is 25.7 Å². The highest BCUT2D eigenvalue weighted by atomic mass is 17.2. The standard InChI is InChI=1S/C32H64N2O4/c1-3-5-7-9-11-13-15-17-21-25-29-36-32(35)34-28-24-20-19-23-27-31(33)38-37-30-26-22-18-16-14-12-10-8-6-4-2/h33H,3-30H2,1-2H3,(H,34,35). The summed E-state index contributed by atoms with van der Waals surface area (Å²) in [5, 5.41) is 10.7. The summed E-state index contributed by atoms with van der Waals surface area (Å²) < 4.78 is 5.26. The van der Waals surface area contributed by atoms with E-state index in [2.05, 4.69) is 19.2 Å². The number of hydrogen-bond acceptors (Lipinski definition) is 5. The van der Waals surface area contributed by atoms with E-state index in [-0.39, 0.29) is 12.0 Å². The molecule has 0 fully saturated rings. The fraction of sp³-hybridized carbons (Fsp3) is 0.938. The van der Waals surface area contributed by atoms with Crippen molar-refractivity contribution in [3.05, 3.63) is 0 Å². The lowest BCUT2D eigenvalue weighted by Gasteiger charge is -2.08. The molecule has 0 unspecified atom stereocenters. The first-order valence-electron chi connectivity index (χ1n) is 16.5. The van der Waals surface area contributed by atoms with Crippen LogP contribution >= 0.6 is 0 Å². The van der Waals surface area contributed by atoms with Crippen LogP contribution in [0.2, 0.25) is 0 Å². The van der Waals surface area contributed by atoms with Crippen molar-refractivity contribution in [2.45, 2.75) is 174 Å². The number of carbonyl (C=O) groups is 1. The summed E-state index contributed by atoms with van der Waals surface area (Å²) in [6, 6.07) is 0. The topological polar surface area (TPSA) is 80.6 Å². The molecule has 0 bridgehead atoms. The SMILES string of the molecule is CCCCCCCCCCCCOOC(=N)CCCCCCNC(=O)OCCCCCCCCCCCC. The van der Waals surface area contributed by atoms with E-state index in [0.29, 0.717) is 26.2 Å². The Morgan fingerprint density at radius 3 is 1.50 bits per heavy atom. The summed E-state index contributed by atoms with van der Waals surface area (Å²) >= 11 is 0. The maximum Gasteiger partial charge on any atom is 0.407 e. The third-order valence-electron chi connectivity index (χ3n) is 7.07. The summed E-state index contributed by atoms with van der Waals surface area (Å²) in [6.07, 6.45) is 29.9. The molecular weight excluding hydrogens is 476 g/mol. The van der Waals surface area contributed by atoms with Crippen LogP contribution in [-0.4, -0.2) is 31.7 Å². The number of unbranched alkanes of at least 4 members (excludes halogenated alkanes) is 21. The number of hydrogen-bond donors (Lipinski definition) is 2. The fourth-order valence-electron chi connectivity index (χ4n) is 4.56. The van der Waals surface area contributed by atoms with Gasteiger partial charge in [-0.1, -0.05) is 142 Å². The van der Waals surface area contributed by atoms with E-state index in [9.17, 15) is 4.79 Å². The molecule has 0 aliphatic carbocycles. The van der Waals surface area contributed by atoms with Gasteiger partial charge in [-0.15, -0.1) is 0 Å². The minimum Gasteiger partial charge on any atom is -0.450 e. The molecule has 0 aromatic rings. The molecule has 0 radical (unpaired) electrons. The average molecular weight is 541 g/mol. The van der Waals surface area contributed by atoms with Crippen molar-refractivity contribution in [1.82, 2.24) is 5.32 Å². The number of nitrogens with one attached hydrogen (secondary N) is 2. The number of alkyl carbamates (subject to hydrolysis) is 1. The molecule has 0 saturated carbocycles. The zero-order valence-electron chi connectivity index (χ0n) is 25.4. The Balaban J connectivity index is 3.25. The number of ether oxygens (including phenoxy) is 1. The van der Waals surface area contributed by atoms with Crippen LogP contribution in [0.1, 0.15) is 174 Å². The molecule has 6 nitrogen and oxygen atoms in total. The van der Waals surface area contributed by atoms with Gasteiger partial charge in [0.05, 0.1) is 13.2 Å². The van der Waals surface area contributed by atoms with Crippen molar-refractivity contribution in [2.75, 3.05) is 19.8 Å². The molecule has 38 heavy (non-hydrogen) atoms. The van der Waals surface area contributed by atoms with Crippen molar-refractivity contribution in [3.63, 3.8) is 0 Å². The van der Waals surface area contributed by atoms with Gasteiger partial charge in [-0.2, -0.15) is 4.89 Å². The maximum atomic E-state index is 11.7. The molecule has 2 N–H and O–H groups in total. The van der Waals surface area contributed by atoms with Gasteiger partial charge in [0.25, 0.3) is 0 Å². The zero-order valence-corrected chi connectivity index (χ0v) is 25.4. The average Bonchev–Trinajstić information content (AvgIpc) is 2.91. The maximum absolute atomic E-state index is 11.7.